The molecular weight excluding hydrogens is 382 g/mol. The summed E-state index contributed by atoms with van der Waals surface area (Å²) in [6.45, 7) is 0. The summed E-state index contributed by atoms with van der Waals surface area (Å²) in [5.41, 5.74) is 1.08. The molecule has 2 aromatic heterocycles. The molecule has 138 valence electrons. The van der Waals surface area contributed by atoms with E-state index in [2.05, 4.69) is 15.3 Å². The van der Waals surface area contributed by atoms with Gasteiger partial charge < -0.3 is 4.42 Å². The van der Waals surface area contributed by atoms with Crippen LogP contribution in [-0.4, -0.2) is 26.0 Å². The fraction of sp³-hybridized carbons (Fsp3) is 0. The lowest BCUT2D eigenvalue weighted by molar-refractivity contribution is -0.384. The molecule has 2 heterocycles. The fourth-order valence-corrected chi connectivity index (χ4v) is 2.81. The van der Waals surface area contributed by atoms with E-state index in [-0.39, 0.29) is 10.7 Å². The number of nitro benzene ring substituents is 1. The van der Waals surface area contributed by atoms with E-state index < -0.39 is 4.92 Å². The van der Waals surface area contributed by atoms with Gasteiger partial charge in [0, 0.05) is 16.7 Å². The highest BCUT2D eigenvalue weighted by molar-refractivity contribution is 6.30. The quantitative estimate of drug-likeness (QED) is 0.279. The lowest BCUT2D eigenvalue weighted by atomic mass is 10.1. The van der Waals surface area contributed by atoms with Gasteiger partial charge in [-0.25, -0.2) is 0 Å². The highest BCUT2D eigenvalue weighted by Crippen LogP contribution is 2.33. The molecule has 0 aliphatic heterocycles. The lowest BCUT2D eigenvalue weighted by Gasteiger charge is -2.00. The van der Waals surface area contributed by atoms with Crippen LogP contribution in [0.5, 0.6) is 0 Å². The maximum Gasteiger partial charge on any atom is 0.281 e. The minimum absolute atomic E-state index is 0.129. The van der Waals surface area contributed by atoms with E-state index in [4.69, 9.17) is 16.0 Å². The van der Waals surface area contributed by atoms with E-state index in [0.717, 1.165) is 5.56 Å². The summed E-state index contributed by atoms with van der Waals surface area (Å²) < 4.78 is 7.21. The highest BCUT2D eigenvalue weighted by atomic mass is 35.5. The van der Waals surface area contributed by atoms with E-state index in [1.165, 1.54) is 23.3 Å². The number of hydrogen-bond acceptors (Lipinski definition) is 6. The second-order valence-corrected chi connectivity index (χ2v) is 6.17. The lowest BCUT2D eigenvalue weighted by Crippen LogP contribution is -1.93. The Kier molecular flexibility index (Phi) is 4.69. The van der Waals surface area contributed by atoms with Crippen molar-refractivity contribution >= 4 is 23.5 Å². The Morgan fingerprint density at radius 3 is 2.75 bits per heavy atom. The van der Waals surface area contributed by atoms with Gasteiger partial charge in [0.25, 0.3) is 5.69 Å². The number of nitro groups is 1. The molecule has 0 spiro atoms. The molecule has 0 aliphatic rings. The van der Waals surface area contributed by atoms with Crippen LogP contribution < -0.4 is 0 Å². The summed E-state index contributed by atoms with van der Waals surface area (Å²) in [6, 6.07) is 17.2. The van der Waals surface area contributed by atoms with Crippen molar-refractivity contribution in [1.29, 1.82) is 0 Å². The molecule has 4 rings (SSSR count). The molecular formula is C19H12ClN5O3. The summed E-state index contributed by atoms with van der Waals surface area (Å²) in [5, 5.41) is 23.8. The van der Waals surface area contributed by atoms with E-state index in [1.807, 2.05) is 30.3 Å². The smallest absolute Gasteiger partial charge is 0.281 e. The Morgan fingerprint density at radius 2 is 1.96 bits per heavy atom. The van der Waals surface area contributed by atoms with Crippen LogP contribution in [0, 0.1) is 10.1 Å². The van der Waals surface area contributed by atoms with E-state index >= 15 is 0 Å². The van der Waals surface area contributed by atoms with Crippen LogP contribution >= 0.6 is 11.6 Å². The van der Waals surface area contributed by atoms with Crippen molar-refractivity contribution in [2.75, 3.05) is 0 Å². The molecule has 0 fully saturated rings. The van der Waals surface area contributed by atoms with Crippen LogP contribution in [0.1, 0.15) is 5.76 Å². The average molecular weight is 394 g/mol. The van der Waals surface area contributed by atoms with Crippen molar-refractivity contribution in [2.45, 2.75) is 0 Å². The van der Waals surface area contributed by atoms with Crippen molar-refractivity contribution in [2.24, 2.45) is 5.10 Å². The first-order chi connectivity index (χ1) is 13.6. The molecule has 0 aliphatic carbocycles. The molecule has 8 nitrogen and oxygen atoms in total. The van der Waals surface area contributed by atoms with Gasteiger partial charge in [0.05, 0.1) is 16.7 Å². The summed E-state index contributed by atoms with van der Waals surface area (Å²) in [7, 11) is 0. The van der Waals surface area contributed by atoms with E-state index in [9.17, 15) is 10.1 Å². The Balaban J connectivity index is 1.62. The molecule has 2 aromatic carbocycles. The van der Waals surface area contributed by atoms with Gasteiger partial charge in [-0.1, -0.05) is 41.9 Å². The Labute approximate surface area is 163 Å². The molecule has 0 saturated heterocycles. The average Bonchev–Trinajstić information content (AvgIpc) is 3.36. The minimum Gasteiger partial charge on any atom is -0.455 e. The first-order valence-electron chi connectivity index (χ1n) is 8.16. The number of benzene rings is 2. The van der Waals surface area contributed by atoms with Gasteiger partial charge in [-0.05, 0) is 24.3 Å². The van der Waals surface area contributed by atoms with Gasteiger partial charge in [-0.15, -0.1) is 10.2 Å². The number of rotatable bonds is 5. The topological polar surface area (TPSA) is 99.3 Å². The molecule has 0 atom stereocenters. The molecule has 0 radical (unpaired) electrons. The molecule has 0 saturated carbocycles. The van der Waals surface area contributed by atoms with Gasteiger partial charge >= 0.3 is 0 Å². The van der Waals surface area contributed by atoms with E-state index in [1.54, 1.807) is 24.3 Å². The summed E-state index contributed by atoms with van der Waals surface area (Å²) in [5.74, 6) is 1.35. The van der Waals surface area contributed by atoms with E-state index in [0.29, 0.717) is 22.9 Å². The molecule has 0 amide bonds. The Hall–Kier alpha value is -3.78. The number of halogens is 1. The maximum absolute atomic E-state index is 11.3. The van der Waals surface area contributed by atoms with Crippen LogP contribution in [0.3, 0.4) is 0 Å². The van der Waals surface area contributed by atoms with Crippen LogP contribution in [0.2, 0.25) is 5.02 Å². The first kappa shape index (κ1) is 17.6. The van der Waals surface area contributed by atoms with Gasteiger partial charge in [0.2, 0.25) is 0 Å². The molecule has 0 N–H and O–H groups in total. The zero-order valence-corrected chi connectivity index (χ0v) is 15.0. The third-order valence-corrected chi connectivity index (χ3v) is 4.16. The van der Waals surface area contributed by atoms with Gasteiger partial charge in [-0.2, -0.15) is 9.78 Å². The standard InChI is InChI=1S/C19H12ClN5O3/c20-14-6-8-16(17(10-14)25(26)27)18-9-7-15(28-18)11-22-24-12-21-23-19(24)13-4-2-1-3-5-13/h1-12H/b22-11-. The number of hydrogen-bond donors (Lipinski definition) is 0. The van der Waals surface area contributed by atoms with Crippen molar-refractivity contribution < 1.29 is 9.34 Å². The van der Waals surface area contributed by atoms with Crippen molar-refractivity contribution in [3.8, 4) is 22.7 Å². The number of nitrogens with zero attached hydrogens (tertiary/aromatic N) is 5. The number of aromatic nitrogens is 3. The minimum atomic E-state index is -0.499. The third-order valence-electron chi connectivity index (χ3n) is 3.92. The van der Waals surface area contributed by atoms with Gasteiger partial charge in [-0.3, -0.25) is 10.1 Å². The number of furan rings is 1. The molecule has 4 aromatic rings. The van der Waals surface area contributed by atoms with Crippen LogP contribution in [0.4, 0.5) is 5.69 Å². The van der Waals surface area contributed by atoms with Crippen molar-refractivity contribution in [1.82, 2.24) is 14.9 Å². The zero-order valence-electron chi connectivity index (χ0n) is 14.3. The highest BCUT2D eigenvalue weighted by Gasteiger charge is 2.18. The normalized spacial score (nSPS) is 11.2. The van der Waals surface area contributed by atoms with Gasteiger partial charge in [0.15, 0.2) is 5.82 Å². The second-order valence-electron chi connectivity index (χ2n) is 5.73. The molecule has 28 heavy (non-hydrogen) atoms. The largest absolute Gasteiger partial charge is 0.455 e. The molecule has 9 heteroatoms. The third kappa shape index (κ3) is 3.53. The summed E-state index contributed by atoms with van der Waals surface area (Å²) in [6.07, 6.45) is 2.97. The Bertz CT molecular complexity index is 1170. The van der Waals surface area contributed by atoms with Crippen LogP contribution in [-0.2, 0) is 0 Å². The maximum atomic E-state index is 11.3. The monoisotopic (exact) mass is 393 g/mol. The fourth-order valence-electron chi connectivity index (χ4n) is 2.64. The van der Waals surface area contributed by atoms with Gasteiger partial charge in [0.1, 0.15) is 17.8 Å². The molecule has 0 bridgehead atoms. The SMILES string of the molecule is O=[N+]([O-])c1cc(Cl)ccc1-c1ccc(/C=N\n2cnnc2-c2ccccc2)o1. The first-order valence-corrected chi connectivity index (χ1v) is 8.53. The van der Waals surface area contributed by atoms with Crippen LogP contribution in [0.15, 0.2) is 76.5 Å². The van der Waals surface area contributed by atoms with Crippen LogP contribution in [0.25, 0.3) is 22.7 Å². The summed E-state index contributed by atoms with van der Waals surface area (Å²) in [4.78, 5) is 10.8. The summed E-state index contributed by atoms with van der Waals surface area (Å²) >= 11 is 5.85. The second kappa shape index (κ2) is 7.45. The molecule has 0 unspecified atom stereocenters. The van der Waals surface area contributed by atoms with Crippen molar-refractivity contribution in [3.63, 3.8) is 0 Å². The predicted molar refractivity (Wildman–Crippen MR) is 104 cm³/mol. The van der Waals surface area contributed by atoms with Crippen molar-refractivity contribution in [3.05, 3.63) is 87.9 Å². The zero-order chi connectivity index (χ0) is 19.5. The predicted octanol–water partition coefficient (Wildman–Crippen LogP) is 4.65. The Morgan fingerprint density at radius 1 is 1.14 bits per heavy atom.